The van der Waals surface area contributed by atoms with Gasteiger partial charge in [-0.3, -0.25) is 0 Å². The van der Waals surface area contributed by atoms with Crippen LogP contribution in [0, 0.1) is 36.8 Å². The van der Waals surface area contributed by atoms with Gasteiger partial charge in [-0.05, 0) is 38.8 Å². The Labute approximate surface area is 177 Å². The number of hydrogen-bond acceptors (Lipinski definition) is 3. The Hall–Kier alpha value is -2.27. The Morgan fingerprint density at radius 1 is 0.933 bits per heavy atom. The zero-order valence-corrected chi connectivity index (χ0v) is 18.0. The normalized spacial score (nSPS) is 25.2. The van der Waals surface area contributed by atoms with E-state index in [4.69, 9.17) is 14.3 Å². The van der Waals surface area contributed by atoms with E-state index >= 15 is 0 Å². The van der Waals surface area contributed by atoms with Crippen molar-refractivity contribution < 1.29 is 23.0 Å². The molecular weight excluding hydrogens is 386 g/mol. The van der Waals surface area contributed by atoms with Gasteiger partial charge in [-0.1, -0.05) is 48.7 Å². The zero-order chi connectivity index (χ0) is 21.9. The van der Waals surface area contributed by atoms with E-state index in [1.807, 2.05) is 6.79 Å². The summed E-state index contributed by atoms with van der Waals surface area (Å²) < 4.78 is 39.4. The number of benzene rings is 2. The van der Waals surface area contributed by atoms with Crippen LogP contribution >= 0.6 is 0 Å². The van der Waals surface area contributed by atoms with Gasteiger partial charge in [0.1, 0.15) is 12.6 Å². The monoisotopic (exact) mass is 416 g/mol. The van der Waals surface area contributed by atoms with Gasteiger partial charge >= 0.3 is 0 Å². The molecule has 0 amide bonds. The van der Waals surface area contributed by atoms with Crippen LogP contribution in [0.25, 0.3) is 0 Å². The number of carbonyl (C=O) groups is 1. The molecule has 2 atom stereocenters. The molecule has 3 aliphatic rings. The predicted octanol–water partition coefficient (Wildman–Crippen LogP) is 5.55. The molecule has 2 aliphatic heterocycles. The van der Waals surface area contributed by atoms with Crippen LogP contribution in [0.3, 0.4) is 0 Å². The van der Waals surface area contributed by atoms with Crippen LogP contribution in [0.4, 0.5) is 8.78 Å². The quantitative estimate of drug-likeness (QED) is 0.565. The van der Waals surface area contributed by atoms with Gasteiger partial charge in [0.2, 0.25) is 0 Å². The third-order valence-electron chi connectivity index (χ3n) is 6.90. The van der Waals surface area contributed by atoms with Crippen LogP contribution in [0.1, 0.15) is 42.9 Å². The van der Waals surface area contributed by atoms with Crippen LogP contribution in [0.5, 0.6) is 5.75 Å². The second-order valence-corrected chi connectivity index (χ2v) is 8.88. The summed E-state index contributed by atoms with van der Waals surface area (Å²) in [7, 11) is 0. The predicted molar refractivity (Wildman–Crippen MR) is 113 cm³/mol. The molecule has 0 N–H and O–H groups in total. The smallest absolute Gasteiger partial charge is 0.165 e. The van der Waals surface area contributed by atoms with E-state index in [1.165, 1.54) is 17.2 Å². The first-order chi connectivity index (χ1) is 14.4. The summed E-state index contributed by atoms with van der Waals surface area (Å²) in [5, 5.41) is 0. The third kappa shape index (κ3) is 3.87. The second kappa shape index (κ2) is 8.84. The van der Waals surface area contributed by atoms with Crippen molar-refractivity contribution in [3.63, 3.8) is 0 Å². The lowest BCUT2D eigenvalue weighted by atomic mass is 9.51. The van der Waals surface area contributed by atoms with Crippen molar-refractivity contribution >= 4 is 6.79 Å². The highest BCUT2D eigenvalue weighted by Gasteiger charge is 2.59. The van der Waals surface area contributed by atoms with Gasteiger partial charge in [-0.25, -0.2) is 8.78 Å². The van der Waals surface area contributed by atoms with Crippen LogP contribution in [0.15, 0.2) is 36.4 Å². The maximum absolute atomic E-state index is 14.4. The van der Waals surface area contributed by atoms with Crippen LogP contribution < -0.4 is 4.74 Å². The maximum Gasteiger partial charge on any atom is 0.165 e. The van der Waals surface area contributed by atoms with Crippen molar-refractivity contribution in [2.45, 2.75) is 45.4 Å². The summed E-state index contributed by atoms with van der Waals surface area (Å²) in [6.45, 7) is 10.2. The first-order valence-corrected chi connectivity index (χ1v) is 10.4. The van der Waals surface area contributed by atoms with E-state index in [1.54, 1.807) is 0 Å². The average Bonchev–Trinajstić information content (AvgIpc) is 2.72. The van der Waals surface area contributed by atoms with Gasteiger partial charge in [0, 0.05) is 22.3 Å². The molecule has 0 unspecified atom stereocenters. The molecule has 2 aromatic carbocycles. The first kappa shape index (κ1) is 22.4. The second-order valence-electron chi connectivity index (χ2n) is 8.88. The fourth-order valence-corrected chi connectivity index (χ4v) is 5.21. The van der Waals surface area contributed by atoms with Gasteiger partial charge in [-0.15, -0.1) is 0 Å². The molecule has 162 valence electrons. The van der Waals surface area contributed by atoms with Gasteiger partial charge < -0.3 is 14.3 Å². The molecule has 2 aromatic rings. The fraction of sp³-hybridized carbons (Fsp3) is 0.480. The molecule has 3 nitrogen and oxygen atoms in total. The summed E-state index contributed by atoms with van der Waals surface area (Å²) in [5.41, 5.74) is 2.86. The Morgan fingerprint density at radius 2 is 1.50 bits per heavy atom. The standard InChI is InChI=1S/C16H18F2O2.C8H10.CH2O/c1-15-5-2-6-16(8-19-9-16)12(15)7-20-14-11(18)4-3-10(17)13(14)15;1-7-3-5-8(2)6-4-7;1-2/h3-4,12H,2,5-9H2,1H3;3-6H,1-2H3;1H2/t12-,15-;;/m1../s1. The van der Waals surface area contributed by atoms with E-state index in [0.29, 0.717) is 12.2 Å². The van der Waals surface area contributed by atoms with Crippen LogP contribution in [0.2, 0.25) is 0 Å². The molecule has 2 fully saturated rings. The van der Waals surface area contributed by atoms with Crippen molar-refractivity contribution in [3.05, 3.63) is 64.7 Å². The number of hydrogen-bond donors (Lipinski definition) is 0. The van der Waals surface area contributed by atoms with Crippen molar-refractivity contribution in [2.75, 3.05) is 19.8 Å². The zero-order valence-electron chi connectivity index (χ0n) is 18.0. The van der Waals surface area contributed by atoms with Gasteiger partial charge in [0.15, 0.2) is 11.6 Å². The first-order valence-electron chi connectivity index (χ1n) is 10.4. The minimum atomic E-state index is -0.453. The van der Waals surface area contributed by atoms with Gasteiger partial charge in [0.05, 0.1) is 19.8 Å². The lowest BCUT2D eigenvalue weighted by Gasteiger charge is -2.59. The number of fused-ring (bicyclic) bond motifs is 4. The molecule has 1 aliphatic carbocycles. The topological polar surface area (TPSA) is 35.5 Å². The lowest BCUT2D eigenvalue weighted by molar-refractivity contribution is -0.191. The largest absolute Gasteiger partial charge is 0.490 e. The molecule has 1 spiro atoms. The van der Waals surface area contributed by atoms with E-state index in [-0.39, 0.29) is 28.3 Å². The Kier molecular flexibility index (Phi) is 6.61. The molecule has 1 saturated carbocycles. The molecule has 30 heavy (non-hydrogen) atoms. The van der Waals surface area contributed by atoms with E-state index in [9.17, 15) is 8.78 Å². The molecule has 1 saturated heterocycles. The lowest BCUT2D eigenvalue weighted by Crippen LogP contribution is -2.60. The number of carbonyl (C=O) groups excluding carboxylic acids is 1. The number of halogens is 2. The number of rotatable bonds is 0. The molecule has 0 bridgehead atoms. The summed E-state index contributed by atoms with van der Waals surface area (Å²) in [6, 6.07) is 10.9. The van der Waals surface area contributed by atoms with E-state index < -0.39 is 5.82 Å². The highest BCUT2D eigenvalue weighted by atomic mass is 19.1. The molecule has 0 aromatic heterocycles. The summed E-state index contributed by atoms with van der Waals surface area (Å²) in [4.78, 5) is 8.00. The number of ether oxygens (including phenoxy) is 2. The van der Waals surface area contributed by atoms with E-state index in [0.717, 1.165) is 38.5 Å². The highest BCUT2D eigenvalue weighted by Crippen LogP contribution is 2.59. The maximum atomic E-state index is 14.4. The van der Waals surface area contributed by atoms with Crippen molar-refractivity contribution in [1.29, 1.82) is 0 Å². The van der Waals surface area contributed by atoms with Crippen molar-refractivity contribution in [3.8, 4) is 5.75 Å². The molecular formula is C25H30F2O3. The van der Waals surface area contributed by atoms with Crippen molar-refractivity contribution in [1.82, 2.24) is 0 Å². The summed E-state index contributed by atoms with van der Waals surface area (Å²) in [5.74, 6) is -0.459. The third-order valence-corrected chi connectivity index (χ3v) is 6.90. The molecule has 2 heterocycles. The Balaban J connectivity index is 0.000000216. The van der Waals surface area contributed by atoms with Gasteiger partial charge in [0.25, 0.3) is 0 Å². The van der Waals surface area contributed by atoms with Gasteiger partial charge in [-0.2, -0.15) is 0 Å². The molecule has 5 rings (SSSR count). The minimum absolute atomic E-state index is 0.101. The van der Waals surface area contributed by atoms with Crippen LogP contribution in [-0.4, -0.2) is 26.6 Å². The summed E-state index contributed by atoms with van der Waals surface area (Å²) >= 11 is 0. The molecule has 5 heteroatoms. The average molecular weight is 417 g/mol. The molecule has 0 radical (unpaired) electrons. The van der Waals surface area contributed by atoms with Crippen molar-refractivity contribution in [2.24, 2.45) is 11.3 Å². The van der Waals surface area contributed by atoms with Crippen LogP contribution in [-0.2, 0) is 14.9 Å². The number of aryl methyl sites for hydroxylation is 2. The summed E-state index contributed by atoms with van der Waals surface area (Å²) in [6.07, 6.45) is 3.02. The Bertz CT molecular complexity index is 856. The Morgan fingerprint density at radius 3 is 2.03 bits per heavy atom. The minimum Gasteiger partial charge on any atom is -0.490 e. The fourth-order valence-electron chi connectivity index (χ4n) is 5.21. The SMILES string of the molecule is C=O.C[C@@]12CCCC3(COC3)[C@@H]1COc1c(F)ccc(F)c12.Cc1ccc(C)cc1. The van der Waals surface area contributed by atoms with E-state index in [2.05, 4.69) is 45.0 Å². The highest BCUT2D eigenvalue weighted by molar-refractivity contribution is 5.45.